The first-order valence-electron chi connectivity index (χ1n) is 8.11. The van der Waals surface area contributed by atoms with Crippen molar-refractivity contribution in [2.75, 3.05) is 34.1 Å². The Bertz CT molecular complexity index is 740. The van der Waals surface area contributed by atoms with Gasteiger partial charge in [0.05, 0.1) is 20.0 Å². The number of nitrogens with zero attached hydrogens (tertiary/aromatic N) is 1. The van der Waals surface area contributed by atoms with Crippen molar-refractivity contribution in [2.45, 2.75) is 12.5 Å². The molecule has 0 aromatic heterocycles. The molecule has 0 heterocycles. The van der Waals surface area contributed by atoms with Gasteiger partial charge in [-0.1, -0.05) is 36.4 Å². The van der Waals surface area contributed by atoms with E-state index >= 15 is 0 Å². The molecule has 0 radical (unpaired) electrons. The lowest BCUT2D eigenvalue weighted by Gasteiger charge is -2.24. The van der Waals surface area contributed by atoms with E-state index in [1.807, 2.05) is 30.3 Å². The van der Waals surface area contributed by atoms with Crippen molar-refractivity contribution in [3.05, 3.63) is 60.2 Å². The third kappa shape index (κ3) is 9.41. The largest absolute Gasteiger partial charge is 0.497 e. The Kier molecular flexibility index (Phi) is 9.12. The van der Waals surface area contributed by atoms with Crippen LogP contribution in [0.1, 0.15) is 18.0 Å². The van der Waals surface area contributed by atoms with E-state index in [4.69, 9.17) is 14.0 Å². The number of ether oxygens (including phenoxy) is 2. The van der Waals surface area contributed by atoms with Gasteiger partial charge in [0.2, 0.25) is 0 Å². The first-order valence-corrected chi connectivity index (χ1v) is 9.96. The first-order chi connectivity index (χ1) is 12.2. The molecule has 0 fully saturated rings. The highest BCUT2D eigenvalue weighted by atomic mass is 32.2. The average molecular weight is 381 g/mol. The van der Waals surface area contributed by atoms with E-state index in [0.29, 0.717) is 18.9 Å². The van der Waals surface area contributed by atoms with E-state index in [1.54, 1.807) is 7.11 Å². The van der Waals surface area contributed by atoms with Gasteiger partial charge in [-0.15, -0.1) is 0 Å². The van der Waals surface area contributed by atoms with Crippen LogP contribution < -0.4 is 9.47 Å². The SMILES string of the molecule is COc1cccc(OCCC(c2ccccc2)N(C)C)c1.CS(=O)(=O)O. The maximum Gasteiger partial charge on any atom is 0.261 e. The van der Waals surface area contributed by atoms with Gasteiger partial charge >= 0.3 is 0 Å². The molecule has 0 saturated carbocycles. The van der Waals surface area contributed by atoms with Crippen LogP contribution >= 0.6 is 0 Å². The van der Waals surface area contributed by atoms with Crippen molar-refractivity contribution >= 4 is 10.1 Å². The molecule has 6 nitrogen and oxygen atoms in total. The maximum absolute atomic E-state index is 9.19. The monoisotopic (exact) mass is 381 g/mol. The average Bonchev–Trinajstić information content (AvgIpc) is 2.58. The van der Waals surface area contributed by atoms with Crippen LogP contribution in [0.15, 0.2) is 54.6 Å². The minimum atomic E-state index is -3.67. The number of hydrogen-bond donors (Lipinski definition) is 1. The lowest BCUT2D eigenvalue weighted by atomic mass is 10.0. The van der Waals surface area contributed by atoms with Crippen molar-refractivity contribution in [1.82, 2.24) is 4.90 Å². The summed E-state index contributed by atoms with van der Waals surface area (Å²) in [5.74, 6) is 1.67. The molecule has 0 aliphatic carbocycles. The van der Waals surface area contributed by atoms with Crippen molar-refractivity contribution in [3.63, 3.8) is 0 Å². The second kappa shape index (κ2) is 10.8. The lowest BCUT2D eigenvalue weighted by Crippen LogP contribution is -2.22. The van der Waals surface area contributed by atoms with Gasteiger partial charge in [-0.25, -0.2) is 0 Å². The van der Waals surface area contributed by atoms with Gasteiger partial charge in [0.25, 0.3) is 10.1 Å². The fraction of sp³-hybridized carbons (Fsp3) is 0.368. The van der Waals surface area contributed by atoms with E-state index < -0.39 is 10.1 Å². The molecule has 1 N–H and O–H groups in total. The number of rotatable bonds is 7. The molecule has 0 bridgehead atoms. The summed E-state index contributed by atoms with van der Waals surface area (Å²) in [6.45, 7) is 0.672. The van der Waals surface area contributed by atoms with Gasteiger partial charge in [-0.2, -0.15) is 8.42 Å². The molecule has 0 spiro atoms. The quantitative estimate of drug-likeness (QED) is 0.742. The third-order valence-electron chi connectivity index (χ3n) is 3.51. The number of methoxy groups -OCH3 is 1. The van der Waals surface area contributed by atoms with Crippen molar-refractivity contribution in [3.8, 4) is 11.5 Å². The Labute approximate surface area is 156 Å². The molecule has 1 atom stereocenters. The predicted octanol–water partition coefficient (Wildman–Crippen LogP) is 3.27. The van der Waals surface area contributed by atoms with Gasteiger partial charge in [-0.3, -0.25) is 4.55 Å². The molecule has 2 aromatic rings. The van der Waals surface area contributed by atoms with Gasteiger partial charge < -0.3 is 14.4 Å². The van der Waals surface area contributed by atoms with E-state index in [1.165, 1.54) is 5.56 Å². The Balaban J connectivity index is 0.000000597. The summed E-state index contributed by atoms with van der Waals surface area (Å²) >= 11 is 0. The number of benzene rings is 2. The van der Waals surface area contributed by atoms with Crippen LogP contribution in [0.3, 0.4) is 0 Å². The molecule has 1 unspecified atom stereocenters. The second-order valence-electron chi connectivity index (χ2n) is 5.94. The summed E-state index contributed by atoms with van der Waals surface area (Å²) in [5.41, 5.74) is 1.32. The summed E-state index contributed by atoms with van der Waals surface area (Å²) in [4.78, 5) is 2.23. The Morgan fingerprint density at radius 1 is 1.04 bits per heavy atom. The Morgan fingerprint density at radius 3 is 2.15 bits per heavy atom. The van der Waals surface area contributed by atoms with Gasteiger partial charge in [0.15, 0.2) is 0 Å². The minimum Gasteiger partial charge on any atom is -0.497 e. The highest BCUT2D eigenvalue weighted by Crippen LogP contribution is 2.23. The zero-order valence-electron chi connectivity index (χ0n) is 15.6. The van der Waals surface area contributed by atoms with Crippen LogP contribution in [0.25, 0.3) is 0 Å². The Hall–Kier alpha value is -2.09. The summed E-state index contributed by atoms with van der Waals surface area (Å²) in [5, 5.41) is 0. The van der Waals surface area contributed by atoms with E-state index in [0.717, 1.165) is 17.9 Å². The summed E-state index contributed by atoms with van der Waals surface area (Å²) in [6.07, 6.45) is 1.65. The van der Waals surface area contributed by atoms with Crippen molar-refractivity contribution in [1.29, 1.82) is 0 Å². The van der Waals surface area contributed by atoms with Gasteiger partial charge in [-0.05, 0) is 31.8 Å². The third-order valence-corrected chi connectivity index (χ3v) is 3.51. The summed E-state index contributed by atoms with van der Waals surface area (Å²) in [7, 11) is 2.20. The van der Waals surface area contributed by atoms with Crippen LogP contribution in [-0.2, 0) is 10.1 Å². The second-order valence-corrected chi connectivity index (χ2v) is 7.41. The molecule has 0 amide bonds. The molecule has 7 heteroatoms. The highest BCUT2D eigenvalue weighted by Gasteiger charge is 2.13. The molecule has 2 rings (SSSR count). The highest BCUT2D eigenvalue weighted by molar-refractivity contribution is 7.85. The predicted molar refractivity (Wildman–Crippen MR) is 103 cm³/mol. The van der Waals surface area contributed by atoms with Crippen LogP contribution in [0.5, 0.6) is 11.5 Å². The summed E-state index contributed by atoms with van der Waals surface area (Å²) < 4.78 is 36.9. The molecule has 0 saturated heterocycles. The molecule has 26 heavy (non-hydrogen) atoms. The van der Waals surface area contributed by atoms with Gasteiger partial charge in [0.1, 0.15) is 11.5 Å². The molecule has 144 valence electrons. The fourth-order valence-corrected chi connectivity index (χ4v) is 2.38. The molecule has 0 aliphatic rings. The van der Waals surface area contributed by atoms with Gasteiger partial charge in [0, 0.05) is 18.5 Å². The van der Waals surface area contributed by atoms with Crippen LogP contribution in [0, 0.1) is 0 Å². The Morgan fingerprint density at radius 2 is 1.62 bits per heavy atom. The zero-order chi connectivity index (χ0) is 19.6. The normalized spacial score (nSPS) is 12.1. The fourth-order valence-electron chi connectivity index (χ4n) is 2.38. The van der Waals surface area contributed by atoms with E-state index in [-0.39, 0.29) is 0 Å². The van der Waals surface area contributed by atoms with E-state index in [2.05, 4.69) is 43.3 Å². The summed E-state index contributed by atoms with van der Waals surface area (Å²) in [6, 6.07) is 18.6. The molecule has 0 aliphatic heterocycles. The zero-order valence-corrected chi connectivity index (χ0v) is 16.4. The molecular weight excluding hydrogens is 354 g/mol. The number of hydrogen-bond acceptors (Lipinski definition) is 5. The lowest BCUT2D eigenvalue weighted by molar-refractivity contribution is 0.223. The first kappa shape index (κ1) is 22.0. The standard InChI is InChI=1S/C18H23NO2.CH4O3S/c1-19(2)18(15-8-5-4-6-9-15)12-13-21-17-11-7-10-16(14-17)20-3;1-5(2,3)4/h4-11,14,18H,12-13H2,1-3H3;1H3,(H,2,3,4). The maximum atomic E-state index is 9.19. The van der Waals surface area contributed by atoms with Crippen LogP contribution in [-0.4, -0.2) is 51.9 Å². The molecule has 2 aromatic carbocycles. The van der Waals surface area contributed by atoms with Crippen molar-refractivity contribution in [2.24, 2.45) is 0 Å². The van der Waals surface area contributed by atoms with E-state index in [9.17, 15) is 8.42 Å². The topological polar surface area (TPSA) is 76.1 Å². The van der Waals surface area contributed by atoms with Crippen LogP contribution in [0.4, 0.5) is 0 Å². The van der Waals surface area contributed by atoms with Crippen LogP contribution in [0.2, 0.25) is 0 Å². The minimum absolute atomic E-state index is 0.358. The smallest absolute Gasteiger partial charge is 0.261 e. The van der Waals surface area contributed by atoms with Crippen molar-refractivity contribution < 1.29 is 22.4 Å². The molecular formula is C19H27NO5S.